The van der Waals surface area contributed by atoms with Crippen LogP contribution >= 0.6 is 0 Å². The summed E-state index contributed by atoms with van der Waals surface area (Å²) in [6.07, 6.45) is 0. The van der Waals surface area contributed by atoms with Crippen molar-refractivity contribution >= 4 is 0 Å². The van der Waals surface area contributed by atoms with Crippen LogP contribution in [0.1, 0.15) is 0 Å². The van der Waals surface area contributed by atoms with Crippen LogP contribution in [0.3, 0.4) is 0 Å². The molecule has 0 fully saturated rings. The van der Waals surface area contributed by atoms with Gasteiger partial charge in [-0.05, 0) is 24.3 Å². The van der Waals surface area contributed by atoms with Gasteiger partial charge in [-0.15, -0.1) is 20.4 Å². The van der Waals surface area contributed by atoms with E-state index in [2.05, 4.69) is 20.4 Å². The topological polar surface area (TPSA) is 96.3 Å². The van der Waals surface area contributed by atoms with Crippen molar-refractivity contribution < 1.29 is 18.3 Å². The third kappa shape index (κ3) is 2.77. The van der Waals surface area contributed by atoms with E-state index in [0.717, 1.165) is 0 Å². The second kappa shape index (κ2) is 6.67. The highest BCUT2D eigenvalue weighted by atomic mass is 16.5. The molecule has 0 saturated heterocycles. The predicted octanol–water partition coefficient (Wildman–Crippen LogP) is 3.47. The van der Waals surface area contributed by atoms with E-state index in [1.807, 2.05) is 48.5 Å². The van der Waals surface area contributed by atoms with Crippen LogP contribution in [0, 0.1) is 0 Å². The lowest BCUT2D eigenvalue weighted by Gasteiger charge is -2.03. The van der Waals surface area contributed by atoms with E-state index in [1.165, 1.54) is 0 Å². The molecule has 0 aliphatic carbocycles. The van der Waals surface area contributed by atoms with Crippen LogP contribution < -0.4 is 9.47 Å². The van der Waals surface area contributed by atoms with Gasteiger partial charge in [0.2, 0.25) is 0 Å². The molecular formula is C18H14N4O4. The van der Waals surface area contributed by atoms with Crippen molar-refractivity contribution in [1.82, 2.24) is 20.4 Å². The SMILES string of the molecule is COc1ccccc1-c1nnc(-c2nnc(-c3ccccc3OC)o2)o1. The van der Waals surface area contributed by atoms with Crippen LogP contribution in [0.5, 0.6) is 11.5 Å². The number of aromatic nitrogens is 4. The lowest BCUT2D eigenvalue weighted by molar-refractivity contribution is 0.413. The number of nitrogens with zero attached hydrogens (tertiary/aromatic N) is 4. The van der Waals surface area contributed by atoms with Gasteiger partial charge in [0.25, 0.3) is 11.8 Å². The van der Waals surface area contributed by atoms with Gasteiger partial charge >= 0.3 is 11.8 Å². The normalized spacial score (nSPS) is 10.7. The van der Waals surface area contributed by atoms with Gasteiger partial charge in [0, 0.05) is 0 Å². The van der Waals surface area contributed by atoms with Crippen LogP contribution in [-0.2, 0) is 0 Å². The van der Waals surface area contributed by atoms with Crippen molar-refractivity contribution in [3.63, 3.8) is 0 Å². The fourth-order valence-electron chi connectivity index (χ4n) is 2.48. The van der Waals surface area contributed by atoms with Crippen molar-refractivity contribution in [1.29, 1.82) is 0 Å². The lowest BCUT2D eigenvalue weighted by Crippen LogP contribution is -1.87. The summed E-state index contributed by atoms with van der Waals surface area (Å²) in [5, 5.41) is 16.1. The maximum absolute atomic E-state index is 5.67. The molecule has 0 unspecified atom stereocenters. The maximum Gasteiger partial charge on any atom is 0.306 e. The van der Waals surface area contributed by atoms with Crippen molar-refractivity contribution in [2.24, 2.45) is 0 Å². The van der Waals surface area contributed by atoms with Gasteiger partial charge < -0.3 is 18.3 Å². The molecule has 130 valence electrons. The lowest BCUT2D eigenvalue weighted by atomic mass is 10.2. The number of hydrogen-bond donors (Lipinski definition) is 0. The summed E-state index contributed by atoms with van der Waals surface area (Å²) in [5.41, 5.74) is 1.36. The Labute approximate surface area is 148 Å². The van der Waals surface area contributed by atoms with Crippen molar-refractivity contribution in [3.05, 3.63) is 48.5 Å². The van der Waals surface area contributed by atoms with Gasteiger partial charge in [-0.1, -0.05) is 24.3 Å². The number of rotatable bonds is 5. The van der Waals surface area contributed by atoms with E-state index >= 15 is 0 Å². The zero-order valence-electron chi connectivity index (χ0n) is 14.0. The van der Waals surface area contributed by atoms with Gasteiger partial charge in [0.1, 0.15) is 11.5 Å². The zero-order valence-corrected chi connectivity index (χ0v) is 14.0. The molecule has 2 aromatic heterocycles. The van der Waals surface area contributed by atoms with Crippen LogP contribution in [0.15, 0.2) is 57.4 Å². The molecule has 0 spiro atoms. The molecule has 0 aliphatic rings. The minimum Gasteiger partial charge on any atom is -0.496 e. The van der Waals surface area contributed by atoms with Gasteiger partial charge in [0.15, 0.2) is 0 Å². The number of hydrogen-bond acceptors (Lipinski definition) is 8. The Balaban J connectivity index is 1.68. The van der Waals surface area contributed by atoms with Crippen LogP contribution in [0.4, 0.5) is 0 Å². The first-order valence-electron chi connectivity index (χ1n) is 7.74. The Morgan fingerprint density at radius 3 is 1.38 bits per heavy atom. The number of methoxy groups -OCH3 is 2. The smallest absolute Gasteiger partial charge is 0.306 e. The monoisotopic (exact) mass is 350 g/mol. The number of benzene rings is 2. The highest BCUT2D eigenvalue weighted by Gasteiger charge is 2.20. The van der Waals surface area contributed by atoms with E-state index in [4.69, 9.17) is 18.3 Å². The summed E-state index contributed by atoms with van der Waals surface area (Å²) in [6.45, 7) is 0. The second-order valence-electron chi connectivity index (χ2n) is 5.23. The predicted molar refractivity (Wildman–Crippen MR) is 91.6 cm³/mol. The van der Waals surface area contributed by atoms with Crippen LogP contribution in [0.25, 0.3) is 34.7 Å². The molecule has 0 atom stereocenters. The van der Waals surface area contributed by atoms with Gasteiger partial charge in [-0.25, -0.2) is 0 Å². The van der Waals surface area contributed by atoms with E-state index in [9.17, 15) is 0 Å². The standard InChI is InChI=1S/C18H14N4O4/c1-23-13-9-5-3-7-11(13)15-19-21-17(25-15)18-22-20-16(26-18)12-8-4-6-10-14(12)24-2/h3-10H,1-2H3. The Morgan fingerprint density at radius 2 is 0.962 bits per heavy atom. The van der Waals surface area contributed by atoms with Gasteiger partial charge in [-0.3, -0.25) is 0 Å². The summed E-state index contributed by atoms with van der Waals surface area (Å²) >= 11 is 0. The van der Waals surface area contributed by atoms with E-state index in [0.29, 0.717) is 34.4 Å². The first kappa shape index (κ1) is 15.8. The molecule has 4 aromatic rings. The van der Waals surface area contributed by atoms with Gasteiger partial charge in [-0.2, -0.15) is 0 Å². The average molecular weight is 350 g/mol. The van der Waals surface area contributed by atoms with E-state index in [1.54, 1.807) is 14.2 Å². The summed E-state index contributed by atoms with van der Waals surface area (Å²) in [5.74, 6) is 2.11. The summed E-state index contributed by atoms with van der Waals surface area (Å²) < 4.78 is 22.0. The van der Waals surface area contributed by atoms with Crippen LogP contribution in [0.2, 0.25) is 0 Å². The van der Waals surface area contributed by atoms with E-state index < -0.39 is 0 Å². The van der Waals surface area contributed by atoms with Crippen molar-refractivity contribution in [3.8, 4) is 46.2 Å². The summed E-state index contributed by atoms with van der Waals surface area (Å²) in [4.78, 5) is 0. The van der Waals surface area contributed by atoms with Crippen LogP contribution in [-0.4, -0.2) is 34.6 Å². The molecular weight excluding hydrogens is 336 g/mol. The molecule has 8 heteroatoms. The highest BCUT2D eigenvalue weighted by molar-refractivity contribution is 5.64. The molecule has 0 aliphatic heterocycles. The average Bonchev–Trinajstić information content (AvgIpc) is 3.37. The van der Waals surface area contributed by atoms with Crippen molar-refractivity contribution in [2.75, 3.05) is 14.2 Å². The Morgan fingerprint density at radius 1 is 0.577 bits per heavy atom. The Kier molecular flexibility index (Phi) is 4.06. The van der Waals surface area contributed by atoms with E-state index in [-0.39, 0.29) is 11.8 Å². The fourth-order valence-corrected chi connectivity index (χ4v) is 2.48. The Hall–Kier alpha value is -3.68. The molecule has 0 saturated carbocycles. The maximum atomic E-state index is 5.67. The largest absolute Gasteiger partial charge is 0.496 e. The minimum atomic E-state index is 0.125. The number of ether oxygens (including phenoxy) is 2. The van der Waals surface area contributed by atoms with Crippen molar-refractivity contribution in [2.45, 2.75) is 0 Å². The molecule has 2 heterocycles. The first-order chi connectivity index (χ1) is 12.8. The van der Waals surface area contributed by atoms with Gasteiger partial charge in [0.05, 0.1) is 25.3 Å². The third-order valence-electron chi connectivity index (χ3n) is 3.71. The molecule has 0 N–H and O–H groups in total. The fraction of sp³-hybridized carbons (Fsp3) is 0.111. The molecule has 0 amide bonds. The molecule has 4 rings (SSSR count). The third-order valence-corrected chi connectivity index (χ3v) is 3.71. The number of para-hydroxylation sites is 2. The molecule has 2 aromatic carbocycles. The quantitative estimate of drug-likeness (QED) is 0.540. The first-order valence-corrected chi connectivity index (χ1v) is 7.74. The highest BCUT2D eigenvalue weighted by Crippen LogP contribution is 2.32. The Bertz CT molecular complexity index is 957. The summed E-state index contributed by atoms with van der Waals surface area (Å²) in [7, 11) is 3.15. The molecule has 0 radical (unpaired) electrons. The second-order valence-corrected chi connectivity index (χ2v) is 5.23. The molecule has 0 bridgehead atoms. The summed E-state index contributed by atoms with van der Waals surface area (Å²) in [6, 6.07) is 14.7. The molecule has 26 heavy (non-hydrogen) atoms. The zero-order chi connectivity index (χ0) is 17.9. The minimum absolute atomic E-state index is 0.125. The molecule has 8 nitrogen and oxygen atoms in total.